The predicted octanol–water partition coefficient (Wildman–Crippen LogP) is 1.54. The highest BCUT2D eigenvalue weighted by Gasteiger charge is 2.20. The second-order valence-electron chi connectivity index (χ2n) is 4.85. The molecule has 0 unspecified atom stereocenters. The van der Waals surface area contributed by atoms with Crippen LogP contribution in [0.5, 0.6) is 0 Å². The molecular weight excluding hydrogens is 242 g/mol. The normalized spacial score (nSPS) is 17.0. The van der Waals surface area contributed by atoms with Gasteiger partial charge in [-0.3, -0.25) is 9.78 Å². The van der Waals surface area contributed by atoms with Gasteiger partial charge in [0.05, 0.1) is 23.4 Å². The summed E-state index contributed by atoms with van der Waals surface area (Å²) in [5.41, 5.74) is 0.955. The largest absolute Gasteiger partial charge is 0.381 e. The van der Waals surface area contributed by atoms with Crippen molar-refractivity contribution in [2.24, 2.45) is 0 Å². The fourth-order valence-electron chi connectivity index (χ4n) is 2.68. The number of pyridine rings is 2. The van der Waals surface area contributed by atoms with Crippen LogP contribution in [0.3, 0.4) is 0 Å². The third-order valence-electron chi connectivity index (χ3n) is 3.79. The van der Waals surface area contributed by atoms with E-state index in [-0.39, 0.29) is 5.56 Å². The van der Waals surface area contributed by atoms with Gasteiger partial charge in [-0.15, -0.1) is 0 Å². The summed E-state index contributed by atoms with van der Waals surface area (Å²) in [5.74, 6) is 0. The van der Waals surface area contributed by atoms with Gasteiger partial charge in [0.2, 0.25) is 0 Å². The molecule has 1 saturated heterocycles. The van der Waals surface area contributed by atoms with Gasteiger partial charge in [-0.05, 0) is 18.9 Å². The molecule has 1 N–H and O–H groups in total. The van der Waals surface area contributed by atoms with Crippen LogP contribution in [0.2, 0.25) is 0 Å². The Morgan fingerprint density at radius 3 is 2.84 bits per heavy atom. The molecule has 5 heteroatoms. The summed E-state index contributed by atoms with van der Waals surface area (Å²) in [6, 6.07) is 1.94. The molecule has 1 fully saturated rings. The van der Waals surface area contributed by atoms with E-state index in [2.05, 4.69) is 14.9 Å². The van der Waals surface area contributed by atoms with Crippen LogP contribution in [0.25, 0.3) is 10.8 Å². The first-order valence-electron chi connectivity index (χ1n) is 6.53. The Bertz CT molecular complexity index is 630. The molecular formula is C14H17N3O2. The zero-order valence-electron chi connectivity index (χ0n) is 10.9. The Kier molecular flexibility index (Phi) is 3.21. The van der Waals surface area contributed by atoms with Crippen LogP contribution < -0.4 is 10.5 Å². The molecule has 0 aromatic carbocycles. The number of hydrogen-bond acceptors (Lipinski definition) is 4. The van der Waals surface area contributed by atoms with Crippen LogP contribution in [-0.4, -0.2) is 36.3 Å². The first-order chi connectivity index (χ1) is 9.29. The molecule has 19 heavy (non-hydrogen) atoms. The second-order valence-corrected chi connectivity index (χ2v) is 4.85. The molecule has 3 rings (SSSR count). The average molecular weight is 259 g/mol. The molecule has 1 aliphatic rings. The molecule has 0 bridgehead atoms. The van der Waals surface area contributed by atoms with E-state index < -0.39 is 0 Å². The summed E-state index contributed by atoms with van der Waals surface area (Å²) in [6.07, 6.45) is 7.53. The van der Waals surface area contributed by atoms with Gasteiger partial charge in [0, 0.05) is 38.0 Å². The summed E-state index contributed by atoms with van der Waals surface area (Å²) in [6.45, 7) is 1.87. The van der Waals surface area contributed by atoms with Gasteiger partial charge in [0.1, 0.15) is 0 Å². The van der Waals surface area contributed by atoms with E-state index in [0.717, 1.165) is 37.0 Å². The van der Waals surface area contributed by atoms with E-state index >= 15 is 0 Å². The number of ether oxygens (including phenoxy) is 1. The summed E-state index contributed by atoms with van der Waals surface area (Å²) < 4.78 is 5.38. The van der Waals surface area contributed by atoms with Crippen molar-refractivity contribution in [3.63, 3.8) is 0 Å². The Morgan fingerprint density at radius 1 is 1.32 bits per heavy atom. The number of aromatic amines is 1. The molecule has 0 aliphatic carbocycles. The number of aromatic nitrogens is 2. The van der Waals surface area contributed by atoms with Crippen molar-refractivity contribution in [2.45, 2.75) is 18.9 Å². The molecule has 0 saturated carbocycles. The van der Waals surface area contributed by atoms with Crippen molar-refractivity contribution < 1.29 is 4.74 Å². The lowest BCUT2D eigenvalue weighted by Crippen LogP contribution is -2.36. The van der Waals surface area contributed by atoms with E-state index in [1.165, 1.54) is 0 Å². The van der Waals surface area contributed by atoms with Crippen LogP contribution in [-0.2, 0) is 4.74 Å². The molecule has 2 aromatic heterocycles. The highest BCUT2D eigenvalue weighted by atomic mass is 16.5. The Hall–Kier alpha value is -1.88. The molecule has 0 spiro atoms. The zero-order valence-corrected chi connectivity index (χ0v) is 10.9. The topological polar surface area (TPSA) is 58.2 Å². The number of rotatable bonds is 2. The first-order valence-corrected chi connectivity index (χ1v) is 6.53. The Balaban J connectivity index is 1.98. The van der Waals surface area contributed by atoms with Crippen LogP contribution in [0.4, 0.5) is 5.69 Å². The molecule has 100 valence electrons. The summed E-state index contributed by atoms with van der Waals surface area (Å²) >= 11 is 0. The van der Waals surface area contributed by atoms with Crippen molar-refractivity contribution in [3.05, 3.63) is 35.0 Å². The van der Waals surface area contributed by atoms with Crippen LogP contribution in [0.1, 0.15) is 12.8 Å². The van der Waals surface area contributed by atoms with E-state index in [9.17, 15) is 4.79 Å². The summed E-state index contributed by atoms with van der Waals surface area (Å²) in [5, 5.41) is 1.61. The average Bonchev–Trinajstić information content (AvgIpc) is 2.47. The number of nitrogens with one attached hydrogen (secondary N) is 1. The van der Waals surface area contributed by atoms with Crippen molar-refractivity contribution in [3.8, 4) is 0 Å². The van der Waals surface area contributed by atoms with Crippen LogP contribution in [0.15, 0.2) is 29.5 Å². The number of methoxy groups -OCH3 is 1. The summed E-state index contributed by atoms with van der Waals surface area (Å²) in [4.78, 5) is 20.9. The monoisotopic (exact) mass is 259 g/mol. The maximum Gasteiger partial charge on any atom is 0.257 e. The fraction of sp³-hybridized carbons (Fsp3) is 0.429. The highest BCUT2D eigenvalue weighted by molar-refractivity contribution is 5.92. The van der Waals surface area contributed by atoms with E-state index in [0.29, 0.717) is 11.5 Å². The standard InChI is InChI=1S/C14H17N3O2/c1-19-10-3-6-17(7-4-10)13-9-15-8-12-11(13)2-5-16-14(12)18/h2,5,8-10H,3-4,6-7H2,1H3,(H,16,18). The van der Waals surface area contributed by atoms with E-state index in [4.69, 9.17) is 4.74 Å². The predicted molar refractivity (Wildman–Crippen MR) is 74.6 cm³/mol. The maximum absolute atomic E-state index is 11.8. The number of nitrogens with zero attached hydrogens (tertiary/aromatic N) is 2. The quantitative estimate of drug-likeness (QED) is 0.888. The van der Waals surface area contributed by atoms with E-state index in [1.54, 1.807) is 19.5 Å². The van der Waals surface area contributed by atoms with Crippen LogP contribution in [0, 0.1) is 0 Å². The Labute approximate surface area is 111 Å². The lowest BCUT2D eigenvalue weighted by molar-refractivity contribution is 0.0819. The number of hydrogen-bond donors (Lipinski definition) is 1. The van der Waals surface area contributed by atoms with Gasteiger partial charge in [0.15, 0.2) is 0 Å². The van der Waals surface area contributed by atoms with Gasteiger partial charge < -0.3 is 14.6 Å². The van der Waals surface area contributed by atoms with E-state index in [1.807, 2.05) is 12.3 Å². The summed E-state index contributed by atoms with van der Waals surface area (Å²) in [7, 11) is 1.76. The van der Waals surface area contributed by atoms with Gasteiger partial charge in [-0.1, -0.05) is 0 Å². The van der Waals surface area contributed by atoms with Crippen LogP contribution >= 0.6 is 0 Å². The smallest absolute Gasteiger partial charge is 0.257 e. The maximum atomic E-state index is 11.8. The number of fused-ring (bicyclic) bond motifs is 1. The molecule has 0 atom stereocenters. The lowest BCUT2D eigenvalue weighted by Gasteiger charge is -2.33. The SMILES string of the molecule is COC1CCN(c2cncc3c(=O)[nH]ccc23)CC1. The van der Waals surface area contributed by atoms with Gasteiger partial charge in [-0.25, -0.2) is 0 Å². The molecule has 0 radical (unpaired) electrons. The molecule has 0 amide bonds. The third kappa shape index (κ3) is 2.21. The lowest BCUT2D eigenvalue weighted by atomic mass is 10.1. The fourth-order valence-corrected chi connectivity index (χ4v) is 2.68. The minimum absolute atomic E-state index is 0.0846. The number of piperidine rings is 1. The van der Waals surface area contributed by atoms with Crippen molar-refractivity contribution in [1.82, 2.24) is 9.97 Å². The highest BCUT2D eigenvalue weighted by Crippen LogP contribution is 2.26. The number of H-pyrrole nitrogens is 1. The van der Waals surface area contributed by atoms with Crippen molar-refractivity contribution >= 4 is 16.5 Å². The third-order valence-corrected chi connectivity index (χ3v) is 3.79. The van der Waals surface area contributed by atoms with Gasteiger partial charge in [0.25, 0.3) is 5.56 Å². The Morgan fingerprint density at radius 2 is 2.11 bits per heavy atom. The van der Waals surface area contributed by atoms with Crippen molar-refractivity contribution in [2.75, 3.05) is 25.1 Å². The minimum atomic E-state index is -0.0846. The molecule has 2 aromatic rings. The van der Waals surface area contributed by atoms with Gasteiger partial charge >= 0.3 is 0 Å². The first kappa shape index (κ1) is 12.2. The number of anilines is 1. The molecule has 3 heterocycles. The minimum Gasteiger partial charge on any atom is -0.381 e. The van der Waals surface area contributed by atoms with Crippen molar-refractivity contribution in [1.29, 1.82) is 0 Å². The molecule has 5 nitrogen and oxygen atoms in total. The molecule has 1 aliphatic heterocycles. The zero-order chi connectivity index (χ0) is 13.2. The second kappa shape index (κ2) is 5.01. The van der Waals surface area contributed by atoms with Gasteiger partial charge in [-0.2, -0.15) is 0 Å².